The molecule has 0 N–H and O–H groups in total. The number of esters is 1. The monoisotopic (exact) mass is 228 g/mol. The fourth-order valence-corrected chi connectivity index (χ4v) is 2.25. The Morgan fingerprint density at radius 2 is 1.75 bits per heavy atom. The predicted octanol–water partition coefficient (Wildman–Crippen LogP) is -0.0404. The molecule has 1 rings (SSSR count). The van der Waals surface area contributed by atoms with Gasteiger partial charge in [0.15, 0.2) is 5.41 Å². The highest BCUT2D eigenvalue weighted by atomic mass is 16.5. The van der Waals surface area contributed by atoms with E-state index in [1.54, 1.807) is 6.92 Å². The van der Waals surface area contributed by atoms with Crippen molar-refractivity contribution in [3.05, 3.63) is 0 Å². The zero-order valence-corrected chi connectivity index (χ0v) is 10.4. The van der Waals surface area contributed by atoms with E-state index in [0.717, 1.165) is 6.67 Å². The van der Waals surface area contributed by atoms with E-state index >= 15 is 0 Å². The molecular weight excluding hydrogens is 208 g/mol. The summed E-state index contributed by atoms with van der Waals surface area (Å²) in [6.45, 7) is 5.15. The molecule has 0 spiro atoms. The van der Waals surface area contributed by atoms with Crippen LogP contribution in [0.1, 0.15) is 13.8 Å². The van der Waals surface area contributed by atoms with E-state index in [2.05, 4.69) is 0 Å². The smallest absolute Gasteiger partial charge is 0.322 e. The van der Waals surface area contributed by atoms with E-state index in [-0.39, 0.29) is 5.78 Å². The Hall–Kier alpha value is -0.940. The van der Waals surface area contributed by atoms with Gasteiger partial charge in [0.25, 0.3) is 0 Å². The standard InChI is InChI=1S/C11H20N2O3/c1-5-16-10(15)11(9(2)14)6-12(3)8-13(4)7-11/h5-8H2,1-4H3. The number of ketones is 1. The summed E-state index contributed by atoms with van der Waals surface area (Å²) >= 11 is 0. The quantitative estimate of drug-likeness (QED) is 0.501. The summed E-state index contributed by atoms with van der Waals surface area (Å²) < 4.78 is 5.03. The minimum atomic E-state index is -1.02. The molecule has 0 saturated carbocycles. The maximum Gasteiger partial charge on any atom is 0.322 e. The molecule has 0 unspecified atom stereocenters. The number of carbonyl (C=O) groups is 2. The summed E-state index contributed by atoms with van der Waals surface area (Å²) in [4.78, 5) is 27.7. The third kappa shape index (κ3) is 2.41. The van der Waals surface area contributed by atoms with E-state index in [0.29, 0.717) is 19.7 Å². The molecule has 0 aromatic carbocycles. The Morgan fingerprint density at radius 3 is 2.12 bits per heavy atom. The lowest BCUT2D eigenvalue weighted by molar-refractivity contribution is -0.166. The Kier molecular flexibility index (Phi) is 4.04. The van der Waals surface area contributed by atoms with Crippen LogP contribution in [0, 0.1) is 5.41 Å². The maximum absolute atomic E-state index is 12.0. The van der Waals surface area contributed by atoms with Gasteiger partial charge in [-0.1, -0.05) is 0 Å². The second kappa shape index (κ2) is 4.93. The maximum atomic E-state index is 12.0. The molecular formula is C11H20N2O3. The van der Waals surface area contributed by atoms with Gasteiger partial charge in [-0.3, -0.25) is 19.4 Å². The lowest BCUT2D eigenvalue weighted by atomic mass is 9.81. The normalized spacial score (nSPS) is 21.8. The fraction of sp³-hybridized carbons (Fsp3) is 0.818. The first-order valence-corrected chi connectivity index (χ1v) is 5.47. The van der Waals surface area contributed by atoms with Gasteiger partial charge in [-0.15, -0.1) is 0 Å². The average molecular weight is 228 g/mol. The van der Waals surface area contributed by atoms with Crippen molar-refractivity contribution < 1.29 is 14.3 Å². The van der Waals surface area contributed by atoms with Crippen LogP contribution in [-0.2, 0) is 14.3 Å². The van der Waals surface area contributed by atoms with E-state index in [1.165, 1.54) is 6.92 Å². The van der Waals surface area contributed by atoms with Gasteiger partial charge in [-0.2, -0.15) is 0 Å². The van der Waals surface area contributed by atoms with Gasteiger partial charge in [0.2, 0.25) is 0 Å². The zero-order chi connectivity index (χ0) is 12.3. The van der Waals surface area contributed by atoms with E-state index < -0.39 is 11.4 Å². The first kappa shape index (κ1) is 13.1. The molecule has 0 aromatic heterocycles. The Labute approximate surface area is 96.3 Å². The first-order chi connectivity index (χ1) is 7.42. The molecule has 0 aliphatic carbocycles. The van der Waals surface area contributed by atoms with Crippen LogP contribution >= 0.6 is 0 Å². The number of hydrogen-bond acceptors (Lipinski definition) is 5. The highest BCUT2D eigenvalue weighted by molar-refractivity contribution is 6.03. The van der Waals surface area contributed by atoms with Gasteiger partial charge in [-0.05, 0) is 27.9 Å². The number of Topliss-reactive ketones (excluding diaryl/α,β-unsaturated/α-hetero) is 1. The molecule has 0 bridgehead atoms. The lowest BCUT2D eigenvalue weighted by Crippen LogP contribution is -2.60. The third-order valence-electron chi connectivity index (χ3n) is 2.90. The van der Waals surface area contributed by atoms with Crippen LogP contribution in [0.25, 0.3) is 0 Å². The first-order valence-electron chi connectivity index (χ1n) is 5.47. The van der Waals surface area contributed by atoms with Crippen LogP contribution in [-0.4, -0.2) is 62.0 Å². The van der Waals surface area contributed by atoms with E-state index in [1.807, 2.05) is 23.9 Å². The Bertz CT molecular complexity index is 281. The summed E-state index contributed by atoms with van der Waals surface area (Å²) in [5.41, 5.74) is -1.02. The van der Waals surface area contributed by atoms with Crippen molar-refractivity contribution in [3.8, 4) is 0 Å². The van der Waals surface area contributed by atoms with Crippen LogP contribution in [0.2, 0.25) is 0 Å². The summed E-state index contributed by atoms with van der Waals surface area (Å²) in [6, 6.07) is 0. The van der Waals surface area contributed by atoms with Gasteiger partial charge in [0.05, 0.1) is 13.3 Å². The van der Waals surface area contributed by atoms with Crippen LogP contribution in [0.15, 0.2) is 0 Å². The lowest BCUT2D eigenvalue weighted by Gasteiger charge is -2.42. The fourth-order valence-electron chi connectivity index (χ4n) is 2.25. The number of nitrogens with zero attached hydrogens (tertiary/aromatic N) is 2. The number of rotatable bonds is 3. The molecule has 1 aliphatic heterocycles. The van der Waals surface area contributed by atoms with Gasteiger partial charge >= 0.3 is 5.97 Å². The van der Waals surface area contributed by atoms with Crippen molar-refractivity contribution in [1.29, 1.82) is 0 Å². The van der Waals surface area contributed by atoms with Crippen molar-refractivity contribution in [2.45, 2.75) is 13.8 Å². The highest BCUT2D eigenvalue weighted by Gasteiger charge is 2.48. The van der Waals surface area contributed by atoms with Gasteiger partial charge in [-0.25, -0.2) is 0 Å². The molecule has 16 heavy (non-hydrogen) atoms. The summed E-state index contributed by atoms with van der Waals surface area (Å²) in [6.07, 6.45) is 0. The summed E-state index contributed by atoms with van der Waals surface area (Å²) in [7, 11) is 3.79. The second-order valence-corrected chi connectivity index (χ2v) is 4.53. The Balaban J connectivity index is 2.95. The van der Waals surface area contributed by atoms with Crippen molar-refractivity contribution in [2.75, 3.05) is 40.5 Å². The largest absolute Gasteiger partial charge is 0.465 e. The predicted molar refractivity (Wildman–Crippen MR) is 59.9 cm³/mol. The zero-order valence-electron chi connectivity index (χ0n) is 10.4. The molecule has 1 heterocycles. The van der Waals surface area contributed by atoms with Crippen LogP contribution in [0.5, 0.6) is 0 Å². The molecule has 0 radical (unpaired) electrons. The van der Waals surface area contributed by atoms with Gasteiger partial charge in [0, 0.05) is 13.1 Å². The van der Waals surface area contributed by atoms with Crippen molar-refractivity contribution in [2.24, 2.45) is 5.41 Å². The summed E-state index contributed by atoms with van der Waals surface area (Å²) in [5.74, 6) is -0.523. The average Bonchev–Trinajstić information content (AvgIpc) is 2.15. The molecule has 0 aromatic rings. The SMILES string of the molecule is CCOC(=O)C1(C(C)=O)CN(C)CN(C)C1. The molecule has 1 aliphatic rings. The molecule has 0 amide bonds. The minimum absolute atomic E-state index is 0.121. The highest BCUT2D eigenvalue weighted by Crippen LogP contribution is 2.27. The number of carbonyl (C=O) groups excluding carboxylic acids is 2. The van der Waals surface area contributed by atoms with Crippen LogP contribution < -0.4 is 0 Å². The Morgan fingerprint density at radius 1 is 1.25 bits per heavy atom. The van der Waals surface area contributed by atoms with Crippen molar-refractivity contribution in [3.63, 3.8) is 0 Å². The molecule has 0 atom stereocenters. The van der Waals surface area contributed by atoms with Gasteiger partial charge < -0.3 is 4.74 Å². The van der Waals surface area contributed by atoms with Crippen LogP contribution in [0.3, 0.4) is 0 Å². The number of ether oxygens (including phenoxy) is 1. The van der Waals surface area contributed by atoms with Crippen molar-refractivity contribution in [1.82, 2.24) is 9.80 Å². The molecule has 5 nitrogen and oxygen atoms in total. The second-order valence-electron chi connectivity index (χ2n) is 4.53. The molecule has 1 saturated heterocycles. The summed E-state index contributed by atoms with van der Waals surface area (Å²) in [5, 5.41) is 0. The number of hydrogen-bond donors (Lipinski definition) is 0. The minimum Gasteiger partial charge on any atom is -0.465 e. The van der Waals surface area contributed by atoms with E-state index in [9.17, 15) is 9.59 Å². The van der Waals surface area contributed by atoms with Crippen molar-refractivity contribution >= 4 is 11.8 Å². The molecule has 5 heteroatoms. The molecule has 92 valence electrons. The van der Waals surface area contributed by atoms with Crippen LogP contribution in [0.4, 0.5) is 0 Å². The van der Waals surface area contributed by atoms with Gasteiger partial charge in [0.1, 0.15) is 5.78 Å². The topological polar surface area (TPSA) is 49.9 Å². The molecule has 1 fully saturated rings. The van der Waals surface area contributed by atoms with E-state index in [4.69, 9.17) is 4.74 Å². The third-order valence-corrected chi connectivity index (χ3v) is 2.90.